The molecule has 0 atom stereocenters. The summed E-state index contributed by atoms with van der Waals surface area (Å²) in [6, 6.07) is 11.1. The molecule has 0 aliphatic heterocycles. The van der Waals surface area contributed by atoms with E-state index in [2.05, 4.69) is 31.1 Å². The quantitative estimate of drug-likeness (QED) is 0.437. The summed E-state index contributed by atoms with van der Waals surface area (Å²) in [4.78, 5) is 12.6. The molecule has 0 spiro atoms. The van der Waals surface area contributed by atoms with Gasteiger partial charge < -0.3 is 10.1 Å². The first kappa shape index (κ1) is 21.5. The van der Waals surface area contributed by atoms with Crippen molar-refractivity contribution in [1.29, 1.82) is 0 Å². The van der Waals surface area contributed by atoms with Gasteiger partial charge in [-0.05, 0) is 42.8 Å². The van der Waals surface area contributed by atoms with E-state index in [9.17, 15) is 13.6 Å². The van der Waals surface area contributed by atoms with Crippen molar-refractivity contribution in [3.05, 3.63) is 73.8 Å². The summed E-state index contributed by atoms with van der Waals surface area (Å²) < 4.78 is 31.9. The number of benzene rings is 2. The minimum absolute atomic E-state index is 0.0450. The Labute approximate surface area is 183 Å². The summed E-state index contributed by atoms with van der Waals surface area (Å²) in [6.45, 7) is -0.810. The molecule has 0 aliphatic carbocycles. The first-order chi connectivity index (χ1) is 13.7. The molecule has 5 nitrogen and oxygen atoms in total. The molecule has 0 aliphatic rings. The summed E-state index contributed by atoms with van der Waals surface area (Å²) in [5, 5.41) is 7.84. The lowest BCUT2D eigenvalue weighted by Crippen LogP contribution is -2.15. The lowest BCUT2D eigenvalue weighted by Gasteiger charge is -2.10. The van der Waals surface area contributed by atoms with Crippen LogP contribution in [0.4, 0.5) is 14.6 Å². The van der Waals surface area contributed by atoms with Crippen LogP contribution in [0.2, 0.25) is 10.0 Å². The van der Waals surface area contributed by atoms with Crippen LogP contribution >= 0.6 is 39.1 Å². The third kappa shape index (κ3) is 5.46. The lowest BCUT2D eigenvalue weighted by molar-refractivity contribution is -0.0501. The predicted octanol–water partition coefficient (Wildman–Crippen LogP) is 6.16. The van der Waals surface area contributed by atoms with Gasteiger partial charge in [-0.1, -0.05) is 45.2 Å². The second-order valence-corrected chi connectivity index (χ2v) is 7.78. The van der Waals surface area contributed by atoms with Gasteiger partial charge in [0.1, 0.15) is 5.75 Å². The fourth-order valence-electron chi connectivity index (χ4n) is 2.60. The zero-order valence-electron chi connectivity index (χ0n) is 14.9. The summed E-state index contributed by atoms with van der Waals surface area (Å²) in [5.41, 5.74) is 1.61. The van der Waals surface area contributed by atoms with E-state index >= 15 is 0 Å². The highest BCUT2D eigenvalue weighted by Gasteiger charge is 2.18. The molecule has 1 amide bonds. The number of amides is 1. The molecule has 3 rings (SSSR count). The van der Waals surface area contributed by atoms with Gasteiger partial charge in [0.25, 0.3) is 5.91 Å². The van der Waals surface area contributed by atoms with Gasteiger partial charge in [-0.15, -0.1) is 0 Å². The Morgan fingerprint density at radius 1 is 1.21 bits per heavy atom. The van der Waals surface area contributed by atoms with Gasteiger partial charge in [0.05, 0.1) is 22.2 Å². The van der Waals surface area contributed by atoms with Gasteiger partial charge in [-0.25, -0.2) is 0 Å². The third-order valence-corrected chi connectivity index (χ3v) is 5.17. The minimum atomic E-state index is -3.05. The van der Waals surface area contributed by atoms with Crippen molar-refractivity contribution in [1.82, 2.24) is 9.78 Å². The van der Waals surface area contributed by atoms with Crippen molar-refractivity contribution in [2.24, 2.45) is 0 Å². The highest BCUT2D eigenvalue weighted by molar-refractivity contribution is 9.10. The molecule has 0 saturated carbocycles. The number of aromatic nitrogens is 2. The SMILES string of the molecule is Cc1cc(NC(=O)c2cc(Br)ccc2OC(F)F)nn1Cc1ccc(Cl)c(Cl)c1. The third-order valence-electron chi connectivity index (χ3n) is 3.94. The summed E-state index contributed by atoms with van der Waals surface area (Å²) in [6.07, 6.45) is 0. The zero-order chi connectivity index (χ0) is 21.1. The maximum atomic E-state index is 12.6. The van der Waals surface area contributed by atoms with Crippen molar-refractivity contribution < 1.29 is 18.3 Å². The van der Waals surface area contributed by atoms with E-state index in [4.69, 9.17) is 23.2 Å². The predicted molar refractivity (Wildman–Crippen MR) is 111 cm³/mol. The second kappa shape index (κ2) is 9.11. The Kier molecular flexibility index (Phi) is 6.77. The van der Waals surface area contributed by atoms with Gasteiger partial charge in [-0.3, -0.25) is 9.48 Å². The molecule has 0 fully saturated rings. The Bertz CT molecular complexity index is 1060. The van der Waals surface area contributed by atoms with E-state index in [1.165, 1.54) is 18.2 Å². The van der Waals surface area contributed by atoms with Crippen LogP contribution in [0.25, 0.3) is 0 Å². The molecular formula is C19H14BrCl2F2N3O2. The number of nitrogens with one attached hydrogen (secondary N) is 1. The van der Waals surface area contributed by atoms with Crippen LogP contribution in [0.3, 0.4) is 0 Å². The fourth-order valence-corrected chi connectivity index (χ4v) is 3.29. The van der Waals surface area contributed by atoms with E-state index in [-0.39, 0.29) is 17.1 Å². The molecule has 0 radical (unpaired) electrons. The standard InChI is InChI=1S/C19H14BrCl2F2N3O2/c1-10-6-17(26-27(10)9-11-2-4-14(21)15(22)7-11)25-18(28)13-8-12(20)3-5-16(13)29-19(23)24/h2-8,19H,9H2,1H3,(H,25,26,28). The number of hydrogen-bond acceptors (Lipinski definition) is 3. The Balaban J connectivity index is 1.79. The minimum Gasteiger partial charge on any atom is -0.434 e. The molecule has 0 bridgehead atoms. The van der Waals surface area contributed by atoms with Crippen LogP contribution in [0.1, 0.15) is 21.6 Å². The Morgan fingerprint density at radius 2 is 1.97 bits per heavy atom. The fraction of sp³-hybridized carbons (Fsp3) is 0.158. The van der Waals surface area contributed by atoms with Crippen molar-refractivity contribution >= 4 is 50.9 Å². The monoisotopic (exact) mass is 503 g/mol. The molecule has 1 N–H and O–H groups in total. The maximum absolute atomic E-state index is 12.6. The van der Waals surface area contributed by atoms with Crippen LogP contribution in [-0.4, -0.2) is 22.3 Å². The smallest absolute Gasteiger partial charge is 0.387 e. The van der Waals surface area contributed by atoms with E-state index in [0.717, 1.165) is 11.3 Å². The first-order valence-electron chi connectivity index (χ1n) is 8.27. The van der Waals surface area contributed by atoms with Crippen LogP contribution in [0.15, 0.2) is 46.9 Å². The van der Waals surface area contributed by atoms with Crippen LogP contribution in [0, 0.1) is 6.92 Å². The number of alkyl halides is 2. The number of anilines is 1. The molecule has 0 unspecified atom stereocenters. The molecular weight excluding hydrogens is 491 g/mol. The number of rotatable bonds is 6. The zero-order valence-corrected chi connectivity index (χ0v) is 18.0. The number of halogens is 5. The number of nitrogens with zero attached hydrogens (tertiary/aromatic N) is 2. The van der Waals surface area contributed by atoms with E-state index in [1.54, 1.807) is 22.9 Å². The molecule has 1 heterocycles. The van der Waals surface area contributed by atoms with Crippen LogP contribution < -0.4 is 10.1 Å². The number of aryl methyl sites for hydroxylation is 1. The molecule has 3 aromatic rings. The van der Waals surface area contributed by atoms with Crippen molar-refractivity contribution in [3.63, 3.8) is 0 Å². The van der Waals surface area contributed by atoms with Crippen molar-refractivity contribution in [2.75, 3.05) is 5.32 Å². The van der Waals surface area contributed by atoms with Gasteiger partial charge in [-0.2, -0.15) is 13.9 Å². The first-order valence-corrected chi connectivity index (χ1v) is 9.82. The van der Waals surface area contributed by atoms with Crippen LogP contribution in [0.5, 0.6) is 5.75 Å². The van der Waals surface area contributed by atoms with Gasteiger partial charge in [0.2, 0.25) is 0 Å². The van der Waals surface area contributed by atoms with Gasteiger partial charge in [0.15, 0.2) is 5.82 Å². The number of ether oxygens (including phenoxy) is 1. The highest BCUT2D eigenvalue weighted by Crippen LogP contribution is 2.26. The lowest BCUT2D eigenvalue weighted by atomic mass is 10.2. The van der Waals surface area contributed by atoms with E-state index in [0.29, 0.717) is 21.1 Å². The van der Waals surface area contributed by atoms with Crippen molar-refractivity contribution in [2.45, 2.75) is 20.1 Å². The molecule has 1 aromatic heterocycles. The highest BCUT2D eigenvalue weighted by atomic mass is 79.9. The molecule has 29 heavy (non-hydrogen) atoms. The average molecular weight is 505 g/mol. The Morgan fingerprint density at radius 3 is 2.66 bits per heavy atom. The van der Waals surface area contributed by atoms with Gasteiger partial charge >= 0.3 is 6.61 Å². The summed E-state index contributed by atoms with van der Waals surface area (Å²) in [5.74, 6) is -0.579. The summed E-state index contributed by atoms with van der Waals surface area (Å²) in [7, 11) is 0. The summed E-state index contributed by atoms with van der Waals surface area (Å²) >= 11 is 15.2. The molecule has 2 aromatic carbocycles. The van der Waals surface area contributed by atoms with Crippen LogP contribution in [-0.2, 0) is 6.54 Å². The largest absolute Gasteiger partial charge is 0.434 e. The second-order valence-electron chi connectivity index (χ2n) is 6.05. The molecule has 152 valence electrons. The maximum Gasteiger partial charge on any atom is 0.387 e. The normalized spacial score (nSPS) is 11.0. The number of hydrogen-bond donors (Lipinski definition) is 1. The van der Waals surface area contributed by atoms with Gasteiger partial charge in [0, 0.05) is 16.2 Å². The average Bonchev–Trinajstić information content (AvgIpc) is 2.98. The van der Waals surface area contributed by atoms with E-state index < -0.39 is 12.5 Å². The topological polar surface area (TPSA) is 56.1 Å². The molecule has 10 heteroatoms. The Hall–Kier alpha value is -2.16. The number of carbonyl (C=O) groups is 1. The molecule has 0 saturated heterocycles. The van der Waals surface area contributed by atoms with Crippen molar-refractivity contribution in [3.8, 4) is 5.75 Å². The van der Waals surface area contributed by atoms with E-state index in [1.807, 2.05) is 13.0 Å². The number of carbonyl (C=O) groups excluding carboxylic acids is 1.